The first kappa shape index (κ1) is 11.6. The lowest BCUT2D eigenvalue weighted by molar-refractivity contribution is -0.141. The van der Waals surface area contributed by atoms with Gasteiger partial charge in [-0.1, -0.05) is 6.07 Å². The second-order valence-electron chi connectivity index (χ2n) is 3.06. The molecule has 0 unspecified atom stereocenters. The molecule has 1 rings (SSSR count). The van der Waals surface area contributed by atoms with E-state index >= 15 is 0 Å². The van der Waals surface area contributed by atoms with E-state index in [-0.39, 0.29) is 6.42 Å². The molecule has 0 saturated carbocycles. The molecule has 15 heavy (non-hydrogen) atoms. The summed E-state index contributed by atoms with van der Waals surface area (Å²) in [5, 5.41) is 0. The molecule has 0 aliphatic carbocycles. The first-order valence-corrected chi connectivity index (χ1v) is 4.32. The van der Waals surface area contributed by atoms with Gasteiger partial charge in [-0.25, -0.2) is 8.78 Å². The second kappa shape index (κ2) is 4.84. The van der Waals surface area contributed by atoms with Gasteiger partial charge in [-0.3, -0.25) is 4.79 Å². The number of hydrogen-bond acceptors (Lipinski definition) is 3. The Labute approximate surface area is 85.8 Å². The van der Waals surface area contributed by atoms with Crippen LogP contribution in [0.2, 0.25) is 0 Å². The summed E-state index contributed by atoms with van der Waals surface area (Å²) in [6.07, 6.45) is -0.0679. The number of nitrogens with two attached hydrogens (primary N) is 1. The van der Waals surface area contributed by atoms with Gasteiger partial charge in [0.1, 0.15) is 0 Å². The topological polar surface area (TPSA) is 52.3 Å². The Balaban J connectivity index is 2.78. The van der Waals surface area contributed by atoms with Crippen LogP contribution in [0.1, 0.15) is 18.0 Å². The number of hydrogen-bond donors (Lipinski definition) is 1. The molecule has 0 aromatic heterocycles. The van der Waals surface area contributed by atoms with Crippen LogP contribution in [0.3, 0.4) is 0 Å². The van der Waals surface area contributed by atoms with E-state index in [0.717, 1.165) is 12.1 Å². The number of esters is 1. The van der Waals surface area contributed by atoms with Gasteiger partial charge < -0.3 is 10.5 Å². The van der Waals surface area contributed by atoms with Crippen LogP contribution in [0.15, 0.2) is 18.2 Å². The van der Waals surface area contributed by atoms with Gasteiger partial charge in [0.05, 0.1) is 13.5 Å². The summed E-state index contributed by atoms with van der Waals surface area (Å²) < 4.78 is 29.8. The maximum atomic E-state index is 12.8. The normalized spacial score (nSPS) is 12.3. The van der Waals surface area contributed by atoms with Crippen molar-refractivity contribution in [1.29, 1.82) is 0 Å². The molecule has 0 amide bonds. The summed E-state index contributed by atoms with van der Waals surface area (Å²) in [7, 11) is 1.24. The average molecular weight is 215 g/mol. The Morgan fingerprint density at radius 3 is 2.67 bits per heavy atom. The highest BCUT2D eigenvalue weighted by atomic mass is 19.2. The highest BCUT2D eigenvalue weighted by Gasteiger charge is 2.13. The van der Waals surface area contributed by atoms with E-state index in [0.29, 0.717) is 5.56 Å². The Morgan fingerprint density at radius 2 is 2.13 bits per heavy atom. The van der Waals surface area contributed by atoms with E-state index in [2.05, 4.69) is 4.74 Å². The fourth-order valence-corrected chi connectivity index (χ4v) is 1.12. The van der Waals surface area contributed by atoms with Crippen molar-refractivity contribution in [2.75, 3.05) is 7.11 Å². The third-order valence-corrected chi connectivity index (χ3v) is 1.99. The first-order valence-electron chi connectivity index (χ1n) is 4.32. The molecule has 2 N–H and O–H groups in total. The largest absolute Gasteiger partial charge is 0.469 e. The summed E-state index contributed by atoms with van der Waals surface area (Å²) in [5.74, 6) is -2.41. The zero-order chi connectivity index (χ0) is 11.4. The zero-order valence-electron chi connectivity index (χ0n) is 8.17. The van der Waals surface area contributed by atoms with Crippen LogP contribution >= 0.6 is 0 Å². The van der Waals surface area contributed by atoms with Gasteiger partial charge in [0.2, 0.25) is 0 Å². The van der Waals surface area contributed by atoms with Crippen molar-refractivity contribution in [3.63, 3.8) is 0 Å². The molecule has 0 aliphatic rings. The predicted octanol–water partition coefficient (Wildman–Crippen LogP) is 1.53. The monoisotopic (exact) mass is 215 g/mol. The van der Waals surface area contributed by atoms with Crippen molar-refractivity contribution in [2.24, 2.45) is 5.73 Å². The molecule has 5 heteroatoms. The van der Waals surface area contributed by atoms with E-state index in [1.807, 2.05) is 0 Å². The fourth-order valence-electron chi connectivity index (χ4n) is 1.12. The number of halogens is 2. The lowest BCUT2D eigenvalue weighted by Crippen LogP contribution is -2.16. The SMILES string of the molecule is COC(=O)C[C@@H](N)c1ccc(F)c(F)c1. The van der Waals surface area contributed by atoms with Gasteiger partial charge in [-0.05, 0) is 17.7 Å². The predicted molar refractivity (Wildman–Crippen MR) is 49.9 cm³/mol. The van der Waals surface area contributed by atoms with Crippen molar-refractivity contribution in [3.05, 3.63) is 35.4 Å². The molecule has 0 fully saturated rings. The highest BCUT2D eigenvalue weighted by Crippen LogP contribution is 2.17. The Kier molecular flexibility index (Phi) is 3.74. The van der Waals surface area contributed by atoms with Crippen LogP contribution in [0.5, 0.6) is 0 Å². The molecule has 3 nitrogen and oxygen atoms in total. The number of carbonyl (C=O) groups is 1. The molecule has 0 spiro atoms. The van der Waals surface area contributed by atoms with Crippen LogP contribution in [0.4, 0.5) is 8.78 Å². The smallest absolute Gasteiger partial charge is 0.307 e. The summed E-state index contributed by atoms with van der Waals surface area (Å²) in [5.41, 5.74) is 5.96. The van der Waals surface area contributed by atoms with Gasteiger partial charge in [0.25, 0.3) is 0 Å². The summed E-state index contributed by atoms with van der Waals surface area (Å²) >= 11 is 0. The van der Waals surface area contributed by atoms with Crippen LogP contribution in [-0.4, -0.2) is 13.1 Å². The third kappa shape index (κ3) is 2.99. The van der Waals surface area contributed by atoms with Gasteiger partial charge in [-0.15, -0.1) is 0 Å². The minimum Gasteiger partial charge on any atom is -0.469 e. The number of rotatable bonds is 3. The first-order chi connectivity index (χ1) is 7.04. The number of benzene rings is 1. The van der Waals surface area contributed by atoms with Crippen molar-refractivity contribution in [3.8, 4) is 0 Å². The number of methoxy groups -OCH3 is 1. The van der Waals surface area contributed by atoms with E-state index in [1.165, 1.54) is 13.2 Å². The highest BCUT2D eigenvalue weighted by molar-refractivity contribution is 5.70. The third-order valence-electron chi connectivity index (χ3n) is 1.99. The summed E-state index contributed by atoms with van der Waals surface area (Å²) in [6, 6.07) is 2.60. The Morgan fingerprint density at radius 1 is 1.47 bits per heavy atom. The fraction of sp³-hybridized carbons (Fsp3) is 0.300. The zero-order valence-corrected chi connectivity index (χ0v) is 8.17. The Hall–Kier alpha value is -1.49. The molecular formula is C10H11F2NO2. The van der Waals surface area contributed by atoms with Crippen molar-refractivity contribution >= 4 is 5.97 Å². The molecule has 1 atom stereocenters. The van der Waals surface area contributed by atoms with Crippen molar-refractivity contribution < 1.29 is 18.3 Å². The maximum Gasteiger partial charge on any atom is 0.307 e. The van der Waals surface area contributed by atoms with Gasteiger partial charge in [-0.2, -0.15) is 0 Å². The van der Waals surface area contributed by atoms with Crippen LogP contribution in [-0.2, 0) is 9.53 Å². The molecule has 0 bridgehead atoms. The minimum absolute atomic E-state index is 0.0679. The molecule has 0 aliphatic heterocycles. The molecule has 0 saturated heterocycles. The minimum atomic E-state index is -0.979. The van der Waals surface area contributed by atoms with Gasteiger partial charge >= 0.3 is 5.97 Å². The quantitative estimate of drug-likeness (QED) is 0.778. The molecule has 1 aromatic carbocycles. The molecule has 0 heterocycles. The lowest BCUT2D eigenvalue weighted by atomic mass is 10.0. The molecule has 0 radical (unpaired) electrons. The van der Waals surface area contributed by atoms with Crippen molar-refractivity contribution in [2.45, 2.75) is 12.5 Å². The van der Waals surface area contributed by atoms with E-state index in [9.17, 15) is 13.6 Å². The molecule has 82 valence electrons. The maximum absolute atomic E-state index is 12.8. The summed E-state index contributed by atoms with van der Waals surface area (Å²) in [4.78, 5) is 10.9. The van der Waals surface area contributed by atoms with Crippen molar-refractivity contribution in [1.82, 2.24) is 0 Å². The van der Waals surface area contributed by atoms with Crippen LogP contribution in [0, 0.1) is 11.6 Å². The van der Waals surface area contributed by atoms with Crippen LogP contribution < -0.4 is 5.73 Å². The van der Waals surface area contributed by atoms with Crippen LogP contribution in [0.25, 0.3) is 0 Å². The standard InChI is InChI=1S/C10H11F2NO2/c1-15-10(14)5-9(13)6-2-3-7(11)8(12)4-6/h2-4,9H,5,13H2,1H3/t9-/m1/s1. The van der Waals surface area contributed by atoms with Gasteiger partial charge in [0, 0.05) is 6.04 Å². The van der Waals surface area contributed by atoms with E-state index < -0.39 is 23.6 Å². The average Bonchev–Trinajstić information content (AvgIpc) is 2.21. The number of ether oxygens (including phenoxy) is 1. The lowest BCUT2D eigenvalue weighted by Gasteiger charge is -2.10. The second-order valence-corrected chi connectivity index (χ2v) is 3.06. The Bertz CT molecular complexity index is 368. The van der Waals surface area contributed by atoms with E-state index in [4.69, 9.17) is 5.73 Å². The molecular weight excluding hydrogens is 204 g/mol. The van der Waals surface area contributed by atoms with E-state index in [1.54, 1.807) is 0 Å². The van der Waals surface area contributed by atoms with Gasteiger partial charge in [0.15, 0.2) is 11.6 Å². The summed E-state index contributed by atoms with van der Waals surface area (Å²) in [6.45, 7) is 0. The molecule has 1 aromatic rings. The number of carbonyl (C=O) groups excluding carboxylic acids is 1.